The molecule has 41 heavy (non-hydrogen) atoms. The van der Waals surface area contributed by atoms with Crippen LogP contribution in [0.4, 0.5) is 11.4 Å². The number of rotatable bonds is 7. The van der Waals surface area contributed by atoms with Crippen molar-refractivity contribution < 1.29 is 18.9 Å². The first-order valence-corrected chi connectivity index (χ1v) is 13.7. The number of aromatic nitrogens is 1. The van der Waals surface area contributed by atoms with E-state index >= 15 is 0 Å². The normalized spacial score (nSPS) is 15.0. The number of esters is 1. The maximum atomic E-state index is 13.8. The van der Waals surface area contributed by atoms with Crippen molar-refractivity contribution in [2.45, 2.75) is 26.8 Å². The van der Waals surface area contributed by atoms with Crippen LogP contribution in [0, 0.1) is 17.0 Å². The van der Waals surface area contributed by atoms with Crippen molar-refractivity contribution in [2.75, 3.05) is 25.6 Å². The predicted octanol–water partition coefficient (Wildman–Crippen LogP) is 4.34. The zero-order chi connectivity index (χ0) is 29.4. The number of nitro groups is 1. The lowest BCUT2D eigenvalue weighted by atomic mass is 9.95. The minimum atomic E-state index is -0.710. The van der Waals surface area contributed by atoms with E-state index in [0.29, 0.717) is 43.3 Å². The number of non-ortho nitro benzene ring substituents is 1. The fraction of sp³-hybridized carbons (Fsp3) is 0.233. The number of carbonyl (C=O) groups excluding carboxylic acids is 1. The number of nitrogens with zero attached hydrogens (tertiary/aromatic N) is 4. The van der Waals surface area contributed by atoms with Crippen molar-refractivity contribution in [3.8, 4) is 11.3 Å². The molecular weight excluding hydrogens is 544 g/mol. The number of aryl methyl sites for hydroxylation is 1. The Morgan fingerprint density at radius 2 is 1.90 bits per heavy atom. The van der Waals surface area contributed by atoms with E-state index in [1.807, 2.05) is 43.3 Å². The van der Waals surface area contributed by atoms with E-state index in [1.165, 1.54) is 28.0 Å². The number of hydrogen-bond acceptors (Lipinski definition) is 9. The fourth-order valence-electron chi connectivity index (χ4n) is 4.80. The summed E-state index contributed by atoms with van der Waals surface area (Å²) in [6.45, 7) is 5.45. The van der Waals surface area contributed by atoms with Crippen LogP contribution >= 0.6 is 11.3 Å². The molecule has 2 aromatic carbocycles. The molecule has 0 saturated carbocycles. The molecule has 0 bridgehead atoms. The number of nitro benzene ring substituents is 1. The molecule has 0 aliphatic carbocycles. The number of ether oxygens (including phenoxy) is 1. The van der Waals surface area contributed by atoms with Gasteiger partial charge in [-0.3, -0.25) is 19.5 Å². The Kier molecular flexibility index (Phi) is 7.46. The second-order valence-corrected chi connectivity index (χ2v) is 10.8. The largest absolute Gasteiger partial charge is 0.463 e. The van der Waals surface area contributed by atoms with Gasteiger partial charge in [0.2, 0.25) is 0 Å². The van der Waals surface area contributed by atoms with E-state index in [9.17, 15) is 19.7 Å². The van der Waals surface area contributed by atoms with Crippen LogP contribution in [0.5, 0.6) is 0 Å². The molecule has 0 fully saturated rings. The highest BCUT2D eigenvalue weighted by Gasteiger charge is 2.33. The molecule has 2 aromatic heterocycles. The highest BCUT2D eigenvalue weighted by Crippen LogP contribution is 2.32. The van der Waals surface area contributed by atoms with Crippen LogP contribution < -0.4 is 19.8 Å². The summed E-state index contributed by atoms with van der Waals surface area (Å²) in [6, 6.07) is 15.0. The van der Waals surface area contributed by atoms with Gasteiger partial charge in [-0.25, -0.2) is 9.79 Å². The molecule has 11 heteroatoms. The van der Waals surface area contributed by atoms with Crippen LogP contribution in [0.2, 0.25) is 0 Å². The second-order valence-electron chi connectivity index (χ2n) is 9.75. The number of anilines is 1. The average Bonchev–Trinajstić information content (AvgIpc) is 3.52. The number of allylic oxidation sites excluding steroid dienone is 1. The maximum Gasteiger partial charge on any atom is 0.338 e. The molecule has 10 nitrogen and oxygen atoms in total. The number of hydrogen-bond donors (Lipinski definition) is 0. The Hall–Kier alpha value is -4.77. The van der Waals surface area contributed by atoms with E-state index in [0.717, 1.165) is 11.3 Å². The number of fused-ring (bicyclic) bond motifs is 1. The summed E-state index contributed by atoms with van der Waals surface area (Å²) in [7, 11) is 3.88. The molecule has 5 rings (SSSR count). The summed E-state index contributed by atoms with van der Waals surface area (Å²) in [5.74, 6) is 0.450. The highest BCUT2D eigenvalue weighted by atomic mass is 32.1. The topological polar surface area (TPSA) is 120 Å². The maximum absolute atomic E-state index is 13.8. The smallest absolute Gasteiger partial charge is 0.338 e. The molecule has 4 aromatic rings. The third kappa shape index (κ3) is 5.23. The van der Waals surface area contributed by atoms with Gasteiger partial charge in [0.25, 0.3) is 11.2 Å². The monoisotopic (exact) mass is 572 g/mol. The van der Waals surface area contributed by atoms with Gasteiger partial charge in [0.05, 0.1) is 33.4 Å². The first-order valence-electron chi connectivity index (χ1n) is 12.9. The van der Waals surface area contributed by atoms with Crippen molar-refractivity contribution in [2.24, 2.45) is 4.99 Å². The van der Waals surface area contributed by atoms with E-state index in [4.69, 9.17) is 9.15 Å². The van der Waals surface area contributed by atoms with E-state index < -0.39 is 16.9 Å². The first-order chi connectivity index (χ1) is 19.6. The fourth-order valence-corrected chi connectivity index (χ4v) is 5.83. The Bertz CT molecular complexity index is 1880. The third-order valence-electron chi connectivity index (χ3n) is 6.83. The lowest BCUT2D eigenvalue weighted by Gasteiger charge is -2.25. The van der Waals surface area contributed by atoms with Gasteiger partial charge < -0.3 is 14.1 Å². The quantitative estimate of drug-likeness (QED) is 0.184. The summed E-state index contributed by atoms with van der Waals surface area (Å²) in [5.41, 5.74) is 3.65. The van der Waals surface area contributed by atoms with Crippen LogP contribution in [-0.4, -0.2) is 36.2 Å². The Morgan fingerprint density at radius 1 is 1.17 bits per heavy atom. The molecule has 1 aliphatic rings. The van der Waals surface area contributed by atoms with E-state index in [-0.39, 0.29) is 17.9 Å². The summed E-state index contributed by atoms with van der Waals surface area (Å²) < 4.78 is 13.3. The number of thiazole rings is 1. The van der Waals surface area contributed by atoms with Crippen molar-refractivity contribution in [3.05, 3.63) is 113 Å². The molecule has 1 atom stereocenters. The standard InChI is InChI=1S/C30H28N4O6S/c1-6-39-29(36)26-18(3)31-30-33(27(26)19-7-9-20(10-8-19)32(4)5)28(35)25(41-30)16-22-12-14-24(40-22)23-13-11-21(34(37)38)15-17(23)2/h7-16,27H,6H2,1-5H3/b25-16+/t27-/m1/s1. The van der Waals surface area contributed by atoms with Crippen molar-refractivity contribution in [1.82, 2.24) is 4.57 Å². The molecule has 3 heterocycles. The van der Waals surface area contributed by atoms with Gasteiger partial charge in [0.1, 0.15) is 11.5 Å². The minimum Gasteiger partial charge on any atom is -0.463 e. The number of furan rings is 1. The lowest BCUT2D eigenvalue weighted by molar-refractivity contribution is -0.384. The van der Waals surface area contributed by atoms with Gasteiger partial charge >= 0.3 is 5.97 Å². The molecule has 1 aliphatic heterocycles. The molecular formula is C30H28N4O6S. The summed E-state index contributed by atoms with van der Waals surface area (Å²) in [4.78, 5) is 44.6. The van der Waals surface area contributed by atoms with Gasteiger partial charge in [-0.2, -0.15) is 0 Å². The average molecular weight is 573 g/mol. The van der Waals surface area contributed by atoms with Gasteiger partial charge in [-0.05, 0) is 62.2 Å². The van der Waals surface area contributed by atoms with Crippen molar-refractivity contribution in [1.29, 1.82) is 0 Å². The molecule has 0 amide bonds. The number of carbonyl (C=O) groups is 1. The van der Waals surface area contributed by atoms with Gasteiger partial charge in [-0.1, -0.05) is 23.5 Å². The Labute approximate surface area is 239 Å². The van der Waals surface area contributed by atoms with Crippen LogP contribution in [0.1, 0.15) is 36.8 Å². The molecule has 0 spiro atoms. The summed E-state index contributed by atoms with van der Waals surface area (Å²) in [5, 5.41) is 11.1. The SMILES string of the molecule is CCOC(=O)C1=C(C)N=c2s/c(=C/c3ccc(-c4ccc([N+](=O)[O-])cc4C)o3)c(=O)n2[C@@H]1c1ccc(N(C)C)cc1. The van der Waals surface area contributed by atoms with Crippen molar-refractivity contribution in [3.63, 3.8) is 0 Å². The van der Waals surface area contributed by atoms with E-state index in [2.05, 4.69) is 4.99 Å². The van der Waals surface area contributed by atoms with Crippen LogP contribution in [0.3, 0.4) is 0 Å². The Morgan fingerprint density at radius 3 is 2.54 bits per heavy atom. The van der Waals surface area contributed by atoms with Crippen molar-refractivity contribution >= 4 is 34.8 Å². The zero-order valence-corrected chi connectivity index (χ0v) is 24.0. The third-order valence-corrected chi connectivity index (χ3v) is 7.81. The van der Waals surface area contributed by atoms with Crippen LogP contribution in [0.15, 0.2) is 80.1 Å². The van der Waals surface area contributed by atoms with Gasteiger partial charge in [-0.15, -0.1) is 0 Å². The van der Waals surface area contributed by atoms with Crippen LogP contribution in [-0.2, 0) is 9.53 Å². The van der Waals surface area contributed by atoms with Gasteiger partial charge in [0, 0.05) is 43.6 Å². The molecule has 0 N–H and O–H groups in total. The Balaban J connectivity index is 1.60. The zero-order valence-electron chi connectivity index (χ0n) is 23.2. The lowest BCUT2D eigenvalue weighted by Crippen LogP contribution is -2.39. The molecule has 210 valence electrons. The summed E-state index contributed by atoms with van der Waals surface area (Å²) >= 11 is 1.21. The molecule has 0 unspecified atom stereocenters. The minimum absolute atomic E-state index is 0.00234. The molecule has 0 saturated heterocycles. The summed E-state index contributed by atoms with van der Waals surface area (Å²) in [6.07, 6.45) is 1.64. The first kappa shape index (κ1) is 27.8. The predicted molar refractivity (Wildman–Crippen MR) is 157 cm³/mol. The second kappa shape index (κ2) is 11.0. The van der Waals surface area contributed by atoms with E-state index in [1.54, 1.807) is 45.0 Å². The highest BCUT2D eigenvalue weighted by molar-refractivity contribution is 7.07. The van der Waals surface area contributed by atoms with Gasteiger partial charge in [0.15, 0.2) is 4.80 Å². The number of benzene rings is 2. The molecule has 0 radical (unpaired) electrons. The van der Waals surface area contributed by atoms with Crippen LogP contribution in [0.25, 0.3) is 17.4 Å².